The van der Waals surface area contributed by atoms with Gasteiger partial charge in [-0.15, -0.1) is 0 Å². The molecular weight excluding hydrogens is 238 g/mol. The molecule has 1 aromatic rings. The summed E-state index contributed by atoms with van der Waals surface area (Å²) in [7, 11) is 3.59. The highest BCUT2D eigenvalue weighted by molar-refractivity contribution is 6.32. The van der Waals surface area contributed by atoms with Crippen molar-refractivity contribution in [2.75, 3.05) is 25.7 Å². The number of aliphatic hydroxyl groups excluding tert-OH is 1. The number of benzene rings is 1. The molecule has 0 amide bonds. The zero-order valence-electron chi connectivity index (χ0n) is 10.8. The Hall–Kier alpha value is -0.930. The SMILES string of the molecule is COc1ccc(N(C)C(C)(C)CCO)cc1Cl. The van der Waals surface area contributed by atoms with Crippen LogP contribution in [0.2, 0.25) is 5.02 Å². The third-order valence-electron chi connectivity index (χ3n) is 3.15. The molecule has 0 aliphatic carbocycles. The summed E-state index contributed by atoms with van der Waals surface area (Å²) in [6, 6.07) is 5.69. The first-order chi connectivity index (χ1) is 7.92. The molecule has 0 spiro atoms. The number of nitrogens with zero attached hydrogens (tertiary/aromatic N) is 1. The quantitative estimate of drug-likeness (QED) is 0.880. The number of ether oxygens (including phenoxy) is 1. The Morgan fingerprint density at radius 2 is 2.06 bits per heavy atom. The summed E-state index contributed by atoms with van der Waals surface area (Å²) in [5.41, 5.74) is 0.890. The molecular formula is C13H20ClNO2. The Bertz CT molecular complexity index is 380. The monoisotopic (exact) mass is 257 g/mol. The minimum atomic E-state index is -0.118. The number of hydrogen-bond donors (Lipinski definition) is 1. The molecule has 4 heteroatoms. The van der Waals surface area contributed by atoms with E-state index in [0.717, 1.165) is 5.69 Å². The van der Waals surface area contributed by atoms with Crippen LogP contribution in [-0.4, -0.2) is 31.4 Å². The number of hydrogen-bond acceptors (Lipinski definition) is 3. The van der Waals surface area contributed by atoms with Gasteiger partial charge >= 0.3 is 0 Å². The predicted octanol–water partition coefficient (Wildman–Crippen LogP) is 2.95. The summed E-state index contributed by atoms with van der Waals surface area (Å²) in [5, 5.41) is 9.66. The van der Waals surface area contributed by atoms with E-state index in [4.69, 9.17) is 21.4 Å². The zero-order chi connectivity index (χ0) is 13.1. The molecule has 0 fully saturated rings. The molecule has 1 aromatic carbocycles. The highest BCUT2D eigenvalue weighted by atomic mass is 35.5. The van der Waals surface area contributed by atoms with Gasteiger partial charge in [-0.2, -0.15) is 0 Å². The van der Waals surface area contributed by atoms with E-state index in [1.807, 2.05) is 25.2 Å². The van der Waals surface area contributed by atoms with Crippen LogP contribution in [0.4, 0.5) is 5.69 Å². The van der Waals surface area contributed by atoms with Gasteiger partial charge in [-0.1, -0.05) is 11.6 Å². The highest BCUT2D eigenvalue weighted by Gasteiger charge is 2.23. The Morgan fingerprint density at radius 3 is 2.53 bits per heavy atom. The van der Waals surface area contributed by atoms with E-state index in [2.05, 4.69) is 18.7 Å². The summed E-state index contributed by atoms with van der Waals surface area (Å²) in [6.45, 7) is 4.34. The van der Waals surface area contributed by atoms with Crippen LogP contribution in [0.1, 0.15) is 20.3 Å². The first kappa shape index (κ1) is 14.1. The second kappa shape index (κ2) is 5.61. The van der Waals surface area contributed by atoms with E-state index in [0.29, 0.717) is 17.2 Å². The lowest BCUT2D eigenvalue weighted by molar-refractivity contribution is 0.250. The van der Waals surface area contributed by atoms with Crippen molar-refractivity contribution in [1.29, 1.82) is 0 Å². The zero-order valence-corrected chi connectivity index (χ0v) is 11.6. The number of aliphatic hydroxyl groups is 1. The lowest BCUT2D eigenvalue weighted by atomic mass is 9.98. The normalized spacial score (nSPS) is 11.4. The van der Waals surface area contributed by atoms with Crippen molar-refractivity contribution < 1.29 is 9.84 Å². The lowest BCUT2D eigenvalue weighted by Crippen LogP contribution is -2.41. The van der Waals surface area contributed by atoms with E-state index >= 15 is 0 Å². The van der Waals surface area contributed by atoms with E-state index < -0.39 is 0 Å². The molecule has 96 valence electrons. The lowest BCUT2D eigenvalue weighted by Gasteiger charge is -2.37. The Balaban J connectivity index is 2.96. The van der Waals surface area contributed by atoms with Crippen LogP contribution in [0.3, 0.4) is 0 Å². The molecule has 0 aromatic heterocycles. The summed E-state index contributed by atoms with van der Waals surface area (Å²) < 4.78 is 5.12. The molecule has 0 saturated heterocycles. The summed E-state index contributed by atoms with van der Waals surface area (Å²) >= 11 is 6.10. The van der Waals surface area contributed by atoms with Gasteiger partial charge in [-0.25, -0.2) is 0 Å². The fourth-order valence-electron chi connectivity index (χ4n) is 1.65. The number of methoxy groups -OCH3 is 1. The van der Waals surface area contributed by atoms with Gasteiger partial charge in [0.05, 0.1) is 12.1 Å². The van der Waals surface area contributed by atoms with Crippen molar-refractivity contribution >= 4 is 17.3 Å². The number of rotatable bonds is 5. The molecule has 0 atom stereocenters. The largest absolute Gasteiger partial charge is 0.495 e. The first-order valence-electron chi connectivity index (χ1n) is 5.60. The molecule has 0 aliphatic heterocycles. The van der Waals surface area contributed by atoms with Crippen molar-refractivity contribution in [3.05, 3.63) is 23.2 Å². The molecule has 3 nitrogen and oxygen atoms in total. The van der Waals surface area contributed by atoms with Crippen molar-refractivity contribution in [1.82, 2.24) is 0 Å². The van der Waals surface area contributed by atoms with Gasteiger partial charge in [0.15, 0.2) is 0 Å². The molecule has 0 bridgehead atoms. The molecule has 0 aliphatic rings. The van der Waals surface area contributed by atoms with E-state index in [1.165, 1.54) is 0 Å². The minimum absolute atomic E-state index is 0.118. The molecule has 1 rings (SSSR count). The van der Waals surface area contributed by atoms with Crippen molar-refractivity contribution in [2.45, 2.75) is 25.8 Å². The predicted molar refractivity (Wildman–Crippen MR) is 72.2 cm³/mol. The number of anilines is 1. The summed E-state index contributed by atoms with van der Waals surface area (Å²) in [6.07, 6.45) is 0.702. The van der Waals surface area contributed by atoms with Gasteiger partial charge in [0.1, 0.15) is 5.75 Å². The minimum Gasteiger partial charge on any atom is -0.495 e. The van der Waals surface area contributed by atoms with Crippen LogP contribution in [0.5, 0.6) is 5.75 Å². The molecule has 0 unspecified atom stereocenters. The van der Waals surface area contributed by atoms with Crippen LogP contribution in [0.15, 0.2) is 18.2 Å². The maximum Gasteiger partial charge on any atom is 0.137 e. The van der Waals surface area contributed by atoms with Crippen LogP contribution in [0, 0.1) is 0 Å². The third-order valence-corrected chi connectivity index (χ3v) is 3.45. The van der Waals surface area contributed by atoms with Gasteiger partial charge in [-0.3, -0.25) is 0 Å². The second-order valence-corrected chi connectivity index (χ2v) is 5.07. The summed E-state index contributed by atoms with van der Waals surface area (Å²) in [5.74, 6) is 0.670. The van der Waals surface area contributed by atoms with E-state index in [9.17, 15) is 0 Å². The second-order valence-electron chi connectivity index (χ2n) is 4.66. The van der Waals surface area contributed by atoms with Gasteiger partial charge in [0.2, 0.25) is 0 Å². The van der Waals surface area contributed by atoms with E-state index in [1.54, 1.807) is 7.11 Å². The molecule has 1 N–H and O–H groups in total. The standard InChI is InChI=1S/C13H20ClNO2/c1-13(2,7-8-16)15(3)10-5-6-12(17-4)11(14)9-10/h5-6,9,16H,7-8H2,1-4H3. The van der Waals surface area contributed by atoms with Crippen molar-refractivity contribution in [3.63, 3.8) is 0 Å². The van der Waals surface area contributed by atoms with Crippen molar-refractivity contribution in [2.24, 2.45) is 0 Å². The summed E-state index contributed by atoms with van der Waals surface area (Å²) in [4.78, 5) is 2.11. The Morgan fingerprint density at radius 1 is 1.41 bits per heavy atom. The van der Waals surface area contributed by atoms with E-state index in [-0.39, 0.29) is 12.1 Å². The maximum absolute atomic E-state index is 9.06. The van der Waals surface area contributed by atoms with Gasteiger partial charge in [0, 0.05) is 24.9 Å². The highest BCUT2D eigenvalue weighted by Crippen LogP contribution is 2.32. The van der Waals surface area contributed by atoms with Crippen LogP contribution in [0.25, 0.3) is 0 Å². The maximum atomic E-state index is 9.06. The fourth-order valence-corrected chi connectivity index (χ4v) is 1.91. The van der Waals surface area contributed by atoms with Gasteiger partial charge < -0.3 is 14.7 Å². The molecule has 0 radical (unpaired) electrons. The fraction of sp³-hybridized carbons (Fsp3) is 0.538. The third kappa shape index (κ3) is 3.27. The molecule has 0 heterocycles. The topological polar surface area (TPSA) is 32.7 Å². The van der Waals surface area contributed by atoms with Gasteiger partial charge in [-0.05, 0) is 38.5 Å². The van der Waals surface area contributed by atoms with Crippen LogP contribution >= 0.6 is 11.6 Å². The smallest absolute Gasteiger partial charge is 0.137 e. The average molecular weight is 258 g/mol. The van der Waals surface area contributed by atoms with Crippen LogP contribution in [-0.2, 0) is 0 Å². The Labute approximate surface area is 108 Å². The van der Waals surface area contributed by atoms with Crippen molar-refractivity contribution in [3.8, 4) is 5.75 Å². The molecule has 17 heavy (non-hydrogen) atoms. The average Bonchev–Trinajstić information content (AvgIpc) is 2.27. The molecule has 0 saturated carbocycles. The van der Waals surface area contributed by atoms with Crippen LogP contribution < -0.4 is 9.64 Å². The number of halogens is 1. The first-order valence-corrected chi connectivity index (χ1v) is 5.98. The van der Waals surface area contributed by atoms with Gasteiger partial charge in [0.25, 0.3) is 0 Å². The Kier molecular flexibility index (Phi) is 4.66.